The molecule has 26 heavy (non-hydrogen) atoms. The van der Waals surface area contributed by atoms with Crippen molar-refractivity contribution in [2.45, 2.75) is 25.7 Å². The SMILES string of the molecule is O=C(CO)CCCCCNC(=O)/C=C/C=C/c1ccnc2ccccc12. The van der Waals surface area contributed by atoms with Gasteiger partial charge in [-0.05, 0) is 30.5 Å². The van der Waals surface area contributed by atoms with Gasteiger partial charge in [0.1, 0.15) is 6.61 Å². The molecule has 0 unspecified atom stereocenters. The summed E-state index contributed by atoms with van der Waals surface area (Å²) >= 11 is 0. The van der Waals surface area contributed by atoms with E-state index in [-0.39, 0.29) is 18.3 Å². The van der Waals surface area contributed by atoms with Crippen LogP contribution in [-0.2, 0) is 9.59 Å². The van der Waals surface area contributed by atoms with E-state index in [2.05, 4.69) is 10.3 Å². The summed E-state index contributed by atoms with van der Waals surface area (Å²) in [5.41, 5.74) is 2.00. The van der Waals surface area contributed by atoms with Gasteiger partial charge in [0.2, 0.25) is 5.91 Å². The average molecular weight is 352 g/mol. The Bertz CT molecular complexity index is 791. The molecule has 1 aromatic carbocycles. The number of hydrogen-bond donors (Lipinski definition) is 2. The highest BCUT2D eigenvalue weighted by molar-refractivity contribution is 5.89. The molecule has 2 aromatic rings. The van der Waals surface area contributed by atoms with Crippen LogP contribution < -0.4 is 5.32 Å². The number of nitrogens with one attached hydrogen (secondary N) is 1. The largest absolute Gasteiger partial charge is 0.389 e. The molecule has 0 atom stereocenters. The van der Waals surface area contributed by atoms with Crippen molar-refractivity contribution in [2.24, 2.45) is 0 Å². The third kappa shape index (κ3) is 6.61. The molecule has 0 aliphatic heterocycles. The Hall–Kier alpha value is -2.79. The van der Waals surface area contributed by atoms with Crippen molar-refractivity contribution in [3.63, 3.8) is 0 Å². The number of amides is 1. The van der Waals surface area contributed by atoms with Crippen LogP contribution in [0.3, 0.4) is 0 Å². The third-order valence-electron chi connectivity index (χ3n) is 3.93. The van der Waals surface area contributed by atoms with Gasteiger partial charge in [0.15, 0.2) is 5.78 Å². The van der Waals surface area contributed by atoms with Gasteiger partial charge < -0.3 is 10.4 Å². The van der Waals surface area contributed by atoms with E-state index in [0.717, 1.165) is 35.7 Å². The number of rotatable bonds is 10. The summed E-state index contributed by atoms with van der Waals surface area (Å²) in [6, 6.07) is 9.86. The second-order valence-corrected chi connectivity index (χ2v) is 5.93. The van der Waals surface area contributed by atoms with Crippen molar-refractivity contribution in [3.05, 3.63) is 60.3 Å². The zero-order valence-corrected chi connectivity index (χ0v) is 14.7. The zero-order valence-electron chi connectivity index (χ0n) is 14.7. The minimum atomic E-state index is -0.385. The normalized spacial score (nSPS) is 11.4. The monoisotopic (exact) mass is 352 g/mol. The van der Waals surface area contributed by atoms with Crippen LogP contribution in [0.1, 0.15) is 31.2 Å². The van der Waals surface area contributed by atoms with Crippen LogP contribution in [0.15, 0.2) is 54.8 Å². The number of aromatic nitrogens is 1. The Morgan fingerprint density at radius 2 is 1.92 bits per heavy atom. The van der Waals surface area contributed by atoms with Gasteiger partial charge in [-0.25, -0.2) is 0 Å². The van der Waals surface area contributed by atoms with Crippen molar-refractivity contribution < 1.29 is 14.7 Å². The lowest BCUT2D eigenvalue weighted by Crippen LogP contribution is -2.22. The molecule has 5 nitrogen and oxygen atoms in total. The van der Waals surface area contributed by atoms with E-state index in [1.54, 1.807) is 12.3 Å². The second-order valence-electron chi connectivity index (χ2n) is 5.93. The van der Waals surface area contributed by atoms with E-state index >= 15 is 0 Å². The first-order valence-electron chi connectivity index (χ1n) is 8.79. The molecule has 1 amide bonds. The summed E-state index contributed by atoms with van der Waals surface area (Å²) in [6.45, 7) is 0.194. The first-order valence-corrected chi connectivity index (χ1v) is 8.79. The van der Waals surface area contributed by atoms with Crippen molar-refractivity contribution in [1.82, 2.24) is 10.3 Å². The topological polar surface area (TPSA) is 79.3 Å². The van der Waals surface area contributed by atoms with E-state index in [0.29, 0.717) is 13.0 Å². The van der Waals surface area contributed by atoms with Gasteiger partial charge in [0, 0.05) is 30.6 Å². The van der Waals surface area contributed by atoms with Gasteiger partial charge in [0.05, 0.1) is 5.52 Å². The van der Waals surface area contributed by atoms with Gasteiger partial charge in [-0.15, -0.1) is 0 Å². The number of aliphatic hydroxyl groups excluding tert-OH is 1. The van der Waals surface area contributed by atoms with Crippen molar-refractivity contribution in [2.75, 3.05) is 13.2 Å². The number of Topliss-reactive ketones (excluding diaryl/α,β-unsaturated/α-hetero) is 1. The number of aliphatic hydroxyl groups is 1. The Balaban J connectivity index is 1.71. The molecule has 136 valence electrons. The molecule has 0 radical (unpaired) electrons. The summed E-state index contributed by atoms with van der Waals surface area (Å²) in [5, 5.41) is 12.5. The highest BCUT2D eigenvalue weighted by Crippen LogP contribution is 2.17. The van der Waals surface area contributed by atoms with Crippen LogP contribution >= 0.6 is 0 Å². The fraction of sp³-hybridized carbons (Fsp3) is 0.286. The number of hydrogen-bond acceptors (Lipinski definition) is 4. The highest BCUT2D eigenvalue weighted by atomic mass is 16.3. The summed E-state index contributed by atoms with van der Waals surface area (Å²) < 4.78 is 0. The Morgan fingerprint density at radius 3 is 2.77 bits per heavy atom. The molecule has 2 N–H and O–H groups in total. The number of carbonyl (C=O) groups is 2. The van der Waals surface area contributed by atoms with E-state index in [1.165, 1.54) is 6.08 Å². The molecule has 0 saturated carbocycles. The second kappa shape index (κ2) is 10.9. The Morgan fingerprint density at radius 1 is 1.08 bits per heavy atom. The summed E-state index contributed by atoms with van der Waals surface area (Å²) in [4.78, 5) is 27.0. The van der Waals surface area contributed by atoms with Gasteiger partial charge in [-0.1, -0.05) is 42.8 Å². The predicted molar refractivity (Wildman–Crippen MR) is 103 cm³/mol. The third-order valence-corrected chi connectivity index (χ3v) is 3.93. The summed E-state index contributed by atoms with van der Waals surface area (Å²) in [6.07, 6.45) is 11.6. The molecule has 5 heteroatoms. The average Bonchev–Trinajstić information content (AvgIpc) is 2.67. The molecule has 0 aliphatic rings. The molecule has 0 fully saturated rings. The maximum atomic E-state index is 11.7. The Kier molecular flexibility index (Phi) is 8.23. The van der Waals surface area contributed by atoms with Gasteiger partial charge in [0.25, 0.3) is 0 Å². The quantitative estimate of drug-likeness (QED) is 0.391. The van der Waals surface area contributed by atoms with E-state index in [4.69, 9.17) is 5.11 Å². The number of pyridine rings is 1. The summed E-state index contributed by atoms with van der Waals surface area (Å²) in [5.74, 6) is -0.272. The number of nitrogens with zero attached hydrogens (tertiary/aromatic N) is 1. The van der Waals surface area contributed by atoms with E-state index < -0.39 is 0 Å². The van der Waals surface area contributed by atoms with Crippen LogP contribution in [-0.4, -0.2) is 34.9 Å². The van der Waals surface area contributed by atoms with Gasteiger partial charge >= 0.3 is 0 Å². The zero-order chi connectivity index (χ0) is 18.6. The molecule has 0 saturated heterocycles. The molecular formula is C21H24N2O3. The fourth-order valence-electron chi connectivity index (χ4n) is 2.54. The predicted octanol–water partition coefficient (Wildman–Crippen LogP) is 3.04. The molecular weight excluding hydrogens is 328 g/mol. The van der Waals surface area contributed by atoms with Crippen LogP contribution in [0.4, 0.5) is 0 Å². The first kappa shape index (κ1) is 19.5. The number of ketones is 1. The van der Waals surface area contributed by atoms with Crippen molar-refractivity contribution in [1.29, 1.82) is 0 Å². The Labute approximate surface area is 153 Å². The minimum absolute atomic E-state index is 0.134. The maximum absolute atomic E-state index is 11.7. The number of allylic oxidation sites excluding steroid dienone is 2. The van der Waals surface area contributed by atoms with Crippen LogP contribution in [0.5, 0.6) is 0 Å². The van der Waals surface area contributed by atoms with Crippen molar-refractivity contribution >= 4 is 28.7 Å². The summed E-state index contributed by atoms with van der Waals surface area (Å²) in [7, 11) is 0. The lowest BCUT2D eigenvalue weighted by molar-refractivity contribution is -0.122. The number of benzene rings is 1. The molecule has 1 aromatic heterocycles. The van der Waals surface area contributed by atoms with Crippen molar-refractivity contribution in [3.8, 4) is 0 Å². The standard InChI is InChI=1S/C21H24N2O3/c24-16-18(25)9-2-1-7-14-23-21(26)12-6-3-8-17-13-15-22-20-11-5-4-10-19(17)20/h3-6,8,10-13,15,24H,1-2,7,9,14,16H2,(H,23,26)/b8-3+,12-6+. The minimum Gasteiger partial charge on any atom is -0.389 e. The lowest BCUT2D eigenvalue weighted by atomic mass is 10.1. The maximum Gasteiger partial charge on any atom is 0.243 e. The molecule has 2 rings (SSSR count). The molecule has 0 aliphatic carbocycles. The number of fused-ring (bicyclic) bond motifs is 1. The first-order chi connectivity index (χ1) is 12.7. The number of unbranched alkanes of at least 4 members (excludes halogenated alkanes) is 2. The van der Waals surface area contributed by atoms with Crippen LogP contribution in [0.2, 0.25) is 0 Å². The van der Waals surface area contributed by atoms with E-state index in [9.17, 15) is 9.59 Å². The van der Waals surface area contributed by atoms with Crippen LogP contribution in [0.25, 0.3) is 17.0 Å². The highest BCUT2D eigenvalue weighted by Gasteiger charge is 1.99. The van der Waals surface area contributed by atoms with E-state index in [1.807, 2.05) is 42.5 Å². The smallest absolute Gasteiger partial charge is 0.243 e. The fourth-order valence-corrected chi connectivity index (χ4v) is 2.54. The number of carbonyl (C=O) groups excluding carboxylic acids is 2. The van der Waals surface area contributed by atoms with Gasteiger partial charge in [-0.3, -0.25) is 14.6 Å². The molecule has 0 spiro atoms. The lowest BCUT2D eigenvalue weighted by Gasteiger charge is -2.02. The van der Waals surface area contributed by atoms with Gasteiger partial charge in [-0.2, -0.15) is 0 Å². The van der Waals surface area contributed by atoms with Crippen LogP contribution in [0, 0.1) is 0 Å². The number of para-hydroxylation sites is 1. The molecule has 0 bridgehead atoms. The molecule has 1 heterocycles.